The van der Waals surface area contributed by atoms with E-state index >= 15 is 0 Å². The molecule has 96 valence electrons. The van der Waals surface area contributed by atoms with Crippen molar-refractivity contribution in [2.45, 2.75) is 38.6 Å². The van der Waals surface area contributed by atoms with E-state index in [1.807, 2.05) is 19.1 Å². The highest BCUT2D eigenvalue weighted by Crippen LogP contribution is 2.37. The maximum atomic E-state index is 11.2. The summed E-state index contributed by atoms with van der Waals surface area (Å²) in [7, 11) is 0. The highest BCUT2D eigenvalue weighted by molar-refractivity contribution is 6.30. The highest BCUT2D eigenvalue weighted by atomic mass is 35.5. The van der Waals surface area contributed by atoms with Crippen LogP contribution >= 0.6 is 11.6 Å². The van der Waals surface area contributed by atoms with Gasteiger partial charge in [0.1, 0.15) is 0 Å². The van der Waals surface area contributed by atoms with Crippen LogP contribution in [0, 0.1) is 10.1 Å². The minimum Gasteiger partial charge on any atom is -0.264 e. The smallest absolute Gasteiger partial charge is 0.223 e. The molecule has 1 aliphatic carbocycles. The summed E-state index contributed by atoms with van der Waals surface area (Å²) in [6, 6.07) is 6.88. The Morgan fingerprint density at radius 1 is 1.17 bits per heavy atom. The van der Waals surface area contributed by atoms with Crippen LogP contribution in [0.5, 0.6) is 0 Å². The minimum absolute atomic E-state index is 0.0408. The van der Waals surface area contributed by atoms with Gasteiger partial charge in [-0.2, -0.15) is 0 Å². The third kappa shape index (κ3) is 2.56. The van der Waals surface area contributed by atoms with E-state index in [4.69, 9.17) is 11.6 Å². The van der Waals surface area contributed by atoms with Gasteiger partial charge in [-0.1, -0.05) is 34.9 Å². The largest absolute Gasteiger partial charge is 0.264 e. The van der Waals surface area contributed by atoms with Gasteiger partial charge in [0.25, 0.3) is 0 Å². The molecular weight excluding hydrogens is 250 g/mol. The third-order valence-corrected chi connectivity index (χ3v) is 4.06. The molecule has 18 heavy (non-hydrogen) atoms. The molecule has 0 fully saturated rings. The topological polar surface area (TPSA) is 43.1 Å². The Balaban J connectivity index is 2.35. The van der Waals surface area contributed by atoms with Gasteiger partial charge < -0.3 is 0 Å². The Labute approximate surface area is 112 Å². The molecule has 2 atom stereocenters. The average molecular weight is 266 g/mol. The fraction of sp³-hybridized carbons (Fsp3) is 0.429. The molecule has 0 amide bonds. The van der Waals surface area contributed by atoms with Crippen LogP contribution in [0.3, 0.4) is 0 Å². The molecule has 3 nitrogen and oxygen atoms in total. The molecular formula is C14H16ClNO2. The molecule has 0 radical (unpaired) electrons. The lowest BCUT2D eigenvalue weighted by Gasteiger charge is -2.27. The number of halogens is 1. The summed E-state index contributed by atoms with van der Waals surface area (Å²) < 4.78 is 0. The molecule has 0 aliphatic heterocycles. The molecule has 1 aliphatic rings. The van der Waals surface area contributed by atoms with Gasteiger partial charge in [0.2, 0.25) is 6.04 Å². The Hall–Kier alpha value is -1.35. The maximum absolute atomic E-state index is 11.2. The van der Waals surface area contributed by atoms with Crippen molar-refractivity contribution in [3.05, 3.63) is 56.1 Å². The van der Waals surface area contributed by atoms with Crippen molar-refractivity contribution in [3.8, 4) is 0 Å². The second-order valence-corrected chi connectivity index (χ2v) is 5.42. The summed E-state index contributed by atoms with van der Waals surface area (Å²) >= 11 is 5.86. The van der Waals surface area contributed by atoms with Crippen molar-refractivity contribution in [2.24, 2.45) is 0 Å². The van der Waals surface area contributed by atoms with Gasteiger partial charge in [0, 0.05) is 16.4 Å². The van der Waals surface area contributed by atoms with Crippen LogP contribution in [-0.2, 0) is 0 Å². The lowest BCUT2D eigenvalue weighted by Crippen LogP contribution is -2.31. The zero-order chi connectivity index (χ0) is 13.3. The lowest BCUT2D eigenvalue weighted by molar-refractivity contribution is -0.527. The summed E-state index contributed by atoms with van der Waals surface area (Å²) in [5.41, 5.74) is 3.43. The van der Waals surface area contributed by atoms with E-state index in [0.717, 1.165) is 17.6 Å². The first-order valence-corrected chi connectivity index (χ1v) is 6.41. The Morgan fingerprint density at radius 2 is 1.72 bits per heavy atom. The van der Waals surface area contributed by atoms with E-state index in [1.54, 1.807) is 12.1 Å². The van der Waals surface area contributed by atoms with Gasteiger partial charge >= 0.3 is 0 Å². The molecule has 1 aromatic rings. The summed E-state index contributed by atoms with van der Waals surface area (Å²) in [5.74, 6) is -0.0408. The highest BCUT2D eigenvalue weighted by Gasteiger charge is 2.36. The number of rotatable bonds is 2. The number of hydrogen-bond donors (Lipinski definition) is 0. The van der Waals surface area contributed by atoms with Crippen molar-refractivity contribution in [1.82, 2.24) is 0 Å². The van der Waals surface area contributed by atoms with Crippen LogP contribution < -0.4 is 0 Å². The first-order chi connectivity index (χ1) is 8.49. The molecule has 0 spiro atoms. The van der Waals surface area contributed by atoms with E-state index < -0.39 is 6.04 Å². The first kappa shape index (κ1) is 13.1. The van der Waals surface area contributed by atoms with Gasteiger partial charge in [-0.05, 0) is 38.0 Å². The fourth-order valence-corrected chi connectivity index (χ4v) is 2.67. The van der Waals surface area contributed by atoms with Crippen LogP contribution in [0.15, 0.2) is 35.4 Å². The number of hydrogen-bond acceptors (Lipinski definition) is 2. The number of nitrogens with zero attached hydrogens (tertiary/aromatic N) is 1. The zero-order valence-electron chi connectivity index (χ0n) is 10.5. The van der Waals surface area contributed by atoms with E-state index in [2.05, 4.69) is 6.92 Å². The quantitative estimate of drug-likeness (QED) is 0.457. The summed E-state index contributed by atoms with van der Waals surface area (Å²) in [6.45, 7) is 4.05. The molecule has 0 N–H and O–H groups in total. The average Bonchev–Trinajstić information content (AvgIpc) is 2.33. The molecule has 4 heteroatoms. The van der Waals surface area contributed by atoms with Crippen molar-refractivity contribution in [3.63, 3.8) is 0 Å². The van der Waals surface area contributed by atoms with Gasteiger partial charge in [-0.25, -0.2) is 0 Å². The van der Waals surface area contributed by atoms with Crippen LogP contribution in [0.25, 0.3) is 0 Å². The predicted octanol–water partition coefficient (Wildman–Crippen LogP) is 4.20. The normalized spacial score (nSPS) is 24.2. The number of nitro groups is 1. The molecule has 1 aromatic carbocycles. The van der Waals surface area contributed by atoms with Crippen LogP contribution in [0.2, 0.25) is 5.02 Å². The minimum atomic E-state index is -0.519. The predicted molar refractivity (Wildman–Crippen MR) is 72.6 cm³/mol. The van der Waals surface area contributed by atoms with E-state index in [-0.39, 0.29) is 10.8 Å². The molecule has 0 unspecified atom stereocenters. The van der Waals surface area contributed by atoms with Gasteiger partial charge in [0.15, 0.2) is 0 Å². The van der Waals surface area contributed by atoms with Crippen molar-refractivity contribution < 1.29 is 4.92 Å². The third-order valence-electron chi connectivity index (χ3n) is 3.80. The monoisotopic (exact) mass is 265 g/mol. The molecule has 0 bridgehead atoms. The van der Waals surface area contributed by atoms with E-state index in [1.165, 1.54) is 5.57 Å². The molecule has 0 saturated carbocycles. The van der Waals surface area contributed by atoms with Gasteiger partial charge in [-0.3, -0.25) is 10.1 Å². The number of allylic oxidation sites excluding steroid dienone is 1. The van der Waals surface area contributed by atoms with Crippen LogP contribution in [-0.4, -0.2) is 11.0 Å². The summed E-state index contributed by atoms with van der Waals surface area (Å²) in [6.07, 6.45) is 1.31. The molecule has 0 heterocycles. The van der Waals surface area contributed by atoms with Gasteiger partial charge in [-0.15, -0.1) is 0 Å². The van der Waals surface area contributed by atoms with E-state index in [9.17, 15) is 10.1 Å². The van der Waals surface area contributed by atoms with Crippen LogP contribution in [0.4, 0.5) is 0 Å². The second-order valence-electron chi connectivity index (χ2n) is 4.98. The molecule has 0 saturated heterocycles. The Bertz CT molecular complexity index is 493. The second kappa shape index (κ2) is 5.11. The summed E-state index contributed by atoms with van der Waals surface area (Å²) in [5, 5.41) is 11.9. The van der Waals surface area contributed by atoms with Crippen molar-refractivity contribution in [2.75, 3.05) is 0 Å². The lowest BCUT2D eigenvalue weighted by atomic mass is 9.78. The fourth-order valence-electron chi connectivity index (χ4n) is 2.54. The first-order valence-electron chi connectivity index (χ1n) is 6.03. The molecule has 0 aromatic heterocycles. The standard InChI is InChI=1S/C14H16ClNO2/c1-9-7-13(11-3-5-12(15)6-4-11)14(16(17)18)8-10(9)2/h3-6,13-14H,7-8H2,1-2H3/t13-,14+/m1/s1. The summed E-state index contributed by atoms with van der Waals surface area (Å²) in [4.78, 5) is 11.1. The Morgan fingerprint density at radius 3 is 2.28 bits per heavy atom. The van der Waals surface area contributed by atoms with Crippen molar-refractivity contribution >= 4 is 11.6 Å². The SMILES string of the molecule is CC1=C(C)C[C@H]([N+](=O)[O-])[C@@H](c2ccc(Cl)cc2)C1. The van der Waals surface area contributed by atoms with Gasteiger partial charge in [0.05, 0.1) is 5.92 Å². The zero-order valence-corrected chi connectivity index (χ0v) is 11.3. The van der Waals surface area contributed by atoms with Crippen LogP contribution in [0.1, 0.15) is 38.2 Å². The Kier molecular flexibility index (Phi) is 3.71. The number of benzene rings is 1. The van der Waals surface area contributed by atoms with Crippen molar-refractivity contribution in [1.29, 1.82) is 0 Å². The van der Waals surface area contributed by atoms with E-state index in [0.29, 0.717) is 11.4 Å². The maximum Gasteiger partial charge on any atom is 0.223 e. The molecule has 2 rings (SSSR count).